The van der Waals surface area contributed by atoms with E-state index in [1.807, 2.05) is 18.2 Å². The molecule has 0 fully saturated rings. The molecule has 0 saturated carbocycles. The fourth-order valence-corrected chi connectivity index (χ4v) is 2.74. The molecule has 0 aliphatic heterocycles. The van der Waals surface area contributed by atoms with Gasteiger partial charge in [-0.25, -0.2) is 0 Å². The Bertz CT molecular complexity index is 747. The number of amides is 2. The van der Waals surface area contributed by atoms with Crippen LogP contribution in [0, 0.1) is 0 Å². The maximum Gasteiger partial charge on any atom is 0.221 e. The summed E-state index contributed by atoms with van der Waals surface area (Å²) in [5, 5.41) is 6.09. The second-order valence-electron chi connectivity index (χ2n) is 4.75. The van der Waals surface area contributed by atoms with Gasteiger partial charge in [-0.05, 0) is 29.8 Å². The molecule has 0 aliphatic carbocycles. The van der Waals surface area contributed by atoms with Crippen molar-refractivity contribution in [1.29, 1.82) is 0 Å². The van der Waals surface area contributed by atoms with E-state index in [9.17, 15) is 9.59 Å². The Hall–Kier alpha value is -1.85. The average Bonchev–Trinajstić information content (AvgIpc) is 2.40. The fraction of sp³-hybridized carbons (Fsp3) is 0.125. The number of carbonyl (C=O) groups excluding carboxylic acids is 2. The minimum atomic E-state index is -0.225. The Morgan fingerprint density at radius 2 is 1.73 bits per heavy atom. The van der Waals surface area contributed by atoms with Crippen LogP contribution in [0.25, 0.3) is 11.1 Å². The zero-order chi connectivity index (χ0) is 16.3. The predicted octanol–water partition coefficient (Wildman–Crippen LogP) is 4.69. The maximum absolute atomic E-state index is 11.5. The van der Waals surface area contributed by atoms with Gasteiger partial charge >= 0.3 is 0 Å². The predicted molar refractivity (Wildman–Crippen MR) is 93.2 cm³/mol. The summed E-state index contributed by atoms with van der Waals surface area (Å²) in [5.74, 6) is -0.445. The van der Waals surface area contributed by atoms with E-state index in [1.54, 1.807) is 18.2 Å². The molecule has 6 heteroatoms. The Kier molecular flexibility index (Phi) is 5.21. The molecule has 4 nitrogen and oxygen atoms in total. The van der Waals surface area contributed by atoms with Gasteiger partial charge in [-0.15, -0.1) is 0 Å². The molecule has 22 heavy (non-hydrogen) atoms. The smallest absolute Gasteiger partial charge is 0.221 e. The van der Waals surface area contributed by atoms with Gasteiger partial charge in [-0.3, -0.25) is 9.59 Å². The zero-order valence-corrected chi connectivity index (χ0v) is 14.4. The number of halogens is 2. The lowest BCUT2D eigenvalue weighted by Crippen LogP contribution is -2.13. The van der Waals surface area contributed by atoms with Crippen molar-refractivity contribution in [2.45, 2.75) is 13.8 Å². The highest BCUT2D eigenvalue weighted by Gasteiger charge is 2.14. The molecular weight excluding hydrogens is 368 g/mol. The topological polar surface area (TPSA) is 58.2 Å². The van der Waals surface area contributed by atoms with Crippen LogP contribution < -0.4 is 10.6 Å². The van der Waals surface area contributed by atoms with Crippen molar-refractivity contribution in [3.8, 4) is 11.1 Å². The SMILES string of the molecule is CC(=O)Nc1cc(Br)cc(-c2cccc(Cl)c2)c1NC(C)=O. The van der Waals surface area contributed by atoms with Gasteiger partial charge in [0.1, 0.15) is 0 Å². The van der Waals surface area contributed by atoms with E-state index in [0.29, 0.717) is 16.4 Å². The molecule has 2 aromatic carbocycles. The first-order valence-corrected chi connectivity index (χ1v) is 7.68. The first-order valence-electron chi connectivity index (χ1n) is 6.51. The van der Waals surface area contributed by atoms with Crippen LogP contribution in [-0.4, -0.2) is 11.8 Å². The monoisotopic (exact) mass is 380 g/mol. The van der Waals surface area contributed by atoms with Gasteiger partial charge in [-0.1, -0.05) is 39.7 Å². The van der Waals surface area contributed by atoms with Gasteiger partial charge in [0.25, 0.3) is 0 Å². The molecule has 0 atom stereocenters. The third kappa shape index (κ3) is 4.08. The van der Waals surface area contributed by atoms with Gasteiger partial charge < -0.3 is 10.6 Å². The minimum Gasteiger partial charge on any atom is -0.324 e. The van der Waals surface area contributed by atoms with E-state index >= 15 is 0 Å². The first-order chi connectivity index (χ1) is 10.4. The number of rotatable bonds is 3. The molecule has 2 rings (SSSR count). The summed E-state index contributed by atoms with van der Waals surface area (Å²) in [6.07, 6.45) is 0. The van der Waals surface area contributed by atoms with Gasteiger partial charge in [0.15, 0.2) is 0 Å². The molecular formula is C16H14BrClN2O2. The molecule has 0 saturated heterocycles. The zero-order valence-electron chi connectivity index (χ0n) is 12.0. The van der Waals surface area contributed by atoms with Crippen LogP contribution in [0.5, 0.6) is 0 Å². The standard InChI is InChI=1S/C16H14BrClN2O2/c1-9(21)19-15-8-12(17)7-14(16(15)20-10(2)22)11-4-3-5-13(18)6-11/h3-8H,1-2H3,(H,19,21)(H,20,22). The number of hydrogen-bond donors (Lipinski definition) is 2. The second-order valence-corrected chi connectivity index (χ2v) is 6.10. The summed E-state index contributed by atoms with van der Waals surface area (Å²) in [5.41, 5.74) is 2.65. The number of nitrogens with one attached hydrogen (secondary N) is 2. The van der Waals surface area contributed by atoms with Gasteiger partial charge in [-0.2, -0.15) is 0 Å². The van der Waals surface area contributed by atoms with E-state index in [-0.39, 0.29) is 11.8 Å². The van der Waals surface area contributed by atoms with E-state index in [0.717, 1.165) is 15.6 Å². The first kappa shape index (κ1) is 16.5. The summed E-state index contributed by atoms with van der Waals surface area (Å²) in [6, 6.07) is 10.9. The summed E-state index contributed by atoms with van der Waals surface area (Å²) in [7, 11) is 0. The van der Waals surface area contributed by atoms with Crippen molar-refractivity contribution in [2.75, 3.05) is 10.6 Å². The van der Waals surface area contributed by atoms with Crippen molar-refractivity contribution in [3.05, 3.63) is 45.9 Å². The summed E-state index contributed by atoms with van der Waals surface area (Å²) in [6.45, 7) is 2.83. The normalized spacial score (nSPS) is 10.2. The Morgan fingerprint density at radius 3 is 2.32 bits per heavy atom. The molecule has 114 valence electrons. The fourth-order valence-electron chi connectivity index (χ4n) is 2.09. The van der Waals surface area contributed by atoms with Crippen molar-refractivity contribution < 1.29 is 9.59 Å². The van der Waals surface area contributed by atoms with E-state index < -0.39 is 0 Å². The minimum absolute atomic E-state index is 0.221. The lowest BCUT2D eigenvalue weighted by Gasteiger charge is -2.16. The molecule has 2 amide bonds. The van der Waals surface area contributed by atoms with Crippen LogP contribution in [0.3, 0.4) is 0 Å². The summed E-state index contributed by atoms with van der Waals surface area (Å²) in [4.78, 5) is 22.9. The summed E-state index contributed by atoms with van der Waals surface area (Å²) >= 11 is 9.47. The Balaban J connectivity index is 2.67. The number of anilines is 2. The molecule has 0 aromatic heterocycles. The number of benzene rings is 2. The third-order valence-electron chi connectivity index (χ3n) is 2.85. The van der Waals surface area contributed by atoms with Crippen molar-refractivity contribution in [2.24, 2.45) is 0 Å². The van der Waals surface area contributed by atoms with Gasteiger partial charge in [0.2, 0.25) is 11.8 Å². The van der Waals surface area contributed by atoms with Crippen LogP contribution in [0.4, 0.5) is 11.4 Å². The van der Waals surface area contributed by atoms with Crippen molar-refractivity contribution in [1.82, 2.24) is 0 Å². The molecule has 0 aliphatic rings. The van der Waals surface area contributed by atoms with Gasteiger partial charge in [0.05, 0.1) is 11.4 Å². The van der Waals surface area contributed by atoms with Crippen LogP contribution in [-0.2, 0) is 9.59 Å². The second kappa shape index (κ2) is 6.94. The highest BCUT2D eigenvalue weighted by molar-refractivity contribution is 9.10. The van der Waals surface area contributed by atoms with Crippen LogP contribution in [0.15, 0.2) is 40.9 Å². The lowest BCUT2D eigenvalue weighted by molar-refractivity contribution is -0.115. The largest absolute Gasteiger partial charge is 0.324 e. The summed E-state index contributed by atoms with van der Waals surface area (Å²) < 4.78 is 0.778. The van der Waals surface area contributed by atoms with Crippen LogP contribution in [0.1, 0.15) is 13.8 Å². The van der Waals surface area contributed by atoms with E-state index in [2.05, 4.69) is 26.6 Å². The average molecular weight is 382 g/mol. The van der Waals surface area contributed by atoms with E-state index in [4.69, 9.17) is 11.6 Å². The molecule has 0 spiro atoms. The maximum atomic E-state index is 11.5. The lowest BCUT2D eigenvalue weighted by atomic mass is 10.0. The number of hydrogen-bond acceptors (Lipinski definition) is 2. The molecule has 0 bridgehead atoms. The molecule has 0 heterocycles. The molecule has 0 unspecified atom stereocenters. The van der Waals surface area contributed by atoms with Crippen LogP contribution in [0.2, 0.25) is 5.02 Å². The Morgan fingerprint density at radius 1 is 1.05 bits per heavy atom. The van der Waals surface area contributed by atoms with Crippen LogP contribution >= 0.6 is 27.5 Å². The third-order valence-corrected chi connectivity index (χ3v) is 3.54. The van der Waals surface area contributed by atoms with Crippen molar-refractivity contribution in [3.63, 3.8) is 0 Å². The molecule has 2 aromatic rings. The number of carbonyl (C=O) groups is 2. The van der Waals surface area contributed by atoms with Crippen molar-refractivity contribution >= 4 is 50.7 Å². The highest BCUT2D eigenvalue weighted by Crippen LogP contribution is 2.38. The Labute approximate surface area is 142 Å². The van der Waals surface area contributed by atoms with E-state index in [1.165, 1.54) is 13.8 Å². The quantitative estimate of drug-likeness (QED) is 0.810. The molecule has 2 N–H and O–H groups in total. The molecule has 0 radical (unpaired) electrons. The highest BCUT2D eigenvalue weighted by atomic mass is 79.9. The van der Waals surface area contributed by atoms with Gasteiger partial charge in [0, 0.05) is 28.9 Å².